The summed E-state index contributed by atoms with van der Waals surface area (Å²) in [5.41, 5.74) is 0. The number of rotatable bonds is 6. The van der Waals surface area contributed by atoms with Gasteiger partial charge in [0.25, 0.3) is 0 Å². The molecule has 0 spiro atoms. The van der Waals surface area contributed by atoms with E-state index in [1.165, 1.54) is 51.4 Å². The van der Waals surface area contributed by atoms with Crippen LogP contribution in [0, 0.1) is 71.0 Å². The highest BCUT2D eigenvalue weighted by Crippen LogP contribution is 2.64. The van der Waals surface area contributed by atoms with Crippen LogP contribution in [0.1, 0.15) is 51.4 Å². The molecule has 3 nitrogen and oxygen atoms in total. The second-order valence-corrected chi connectivity index (χ2v) is 11.4. The van der Waals surface area contributed by atoms with Crippen molar-refractivity contribution in [3.05, 3.63) is 0 Å². The number of aliphatic hydroxyl groups is 2. The monoisotopic (exact) mass is 374 g/mol. The van der Waals surface area contributed by atoms with Gasteiger partial charge in [-0.05, 0) is 122 Å². The number of fused-ring (bicyclic) bond motifs is 10. The molecule has 0 amide bonds. The molecule has 6 saturated carbocycles. The lowest BCUT2D eigenvalue weighted by atomic mass is 9.73. The van der Waals surface area contributed by atoms with Crippen LogP contribution in [0.2, 0.25) is 0 Å². The molecule has 3 heteroatoms. The first-order valence-electron chi connectivity index (χ1n) is 12.1. The molecule has 0 saturated heterocycles. The zero-order valence-corrected chi connectivity index (χ0v) is 16.7. The van der Waals surface area contributed by atoms with Gasteiger partial charge in [-0.3, -0.25) is 0 Å². The van der Waals surface area contributed by atoms with Crippen molar-refractivity contribution in [3.8, 4) is 0 Å². The van der Waals surface area contributed by atoms with Gasteiger partial charge in [0, 0.05) is 26.4 Å². The summed E-state index contributed by atoms with van der Waals surface area (Å²) in [7, 11) is 0. The van der Waals surface area contributed by atoms with Gasteiger partial charge in [0.2, 0.25) is 0 Å². The summed E-state index contributed by atoms with van der Waals surface area (Å²) >= 11 is 0. The average Bonchev–Trinajstić information content (AvgIpc) is 3.47. The summed E-state index contributed by atoms with van der Waals surface area (Å²) < 4.78 is 6.41. The fourth-order valence-corrected chi connectivity index (χ4v) is 9.98. The van der Waals surface area contributed by atoms with Crippen LogP contribution in [0.4, 0.5) is 0 Å². The van der Waals surface area contributed by atoms with Crippen molar-refractivity contribution in [2.45, 2.75) is 51.4 Å². The van der Waals surface area contributed by atoms with Gasteiger partial charge in [0.1, 0.15) is 0 Å². The van der Waals surface area contributed by atoms with Crippen LogP contribution >= 0.6 is 0 Å². The molecule has 12 unspecified atom stereocenters. The summed E-state index contributed by atoms with van der Waals surface area (Å²) in [6.07, 6.45) is 10.9. The second-order valence-electron chi connectivity index (χ2n) is 11.4. The lowest BCUT2D eigenvalue weighted by molar-refractivity contribution is 0.00545. The summed E-state index contributed by atoms with van der Waals surface area (Å²) in [6.45, 7) is 2.83. The molecule has 152 valence electrons. The zero-order chi connectivity index (χ0) is 18.1. The van der Waals surface area contributed by atoms with Gasteiger partial charge in [-0.15, -0.1) is 0 Å². The lowest BCUT2D eigenvalue weighted by Gasteiger charge is -2.35. The third kappa shape index (κ3) is 2.56. The third-order valence-electron chi connectivity index (χ3n) is 10.7. The Hall–Kier alpha value is -0.120. The van der Waals surface area contributed by atoms with E-state index in [1.54, 1.807) is 0 Å². The van der Waals surface area contributed by atoms with Crippen LogP contribution in [0.5, 0.6) is 0 Å². The molecule has 0 radical (unpaired) electrons. The number of hydrogen-bond acceptors (Lipinski definition) is 3. The summed E-state index contributed by atoms with van der Waals surface area (Å²) in [4.78, 5) is 0. The first kappa shape index (κ1) is 17.7. The first-order valence-corrected chi connectivity index (χ1v) is 12.1. The van der Waals surface area contributed by atoms with E-state index in [2.05, 4.69) is 0 Å². The van der Waals surface area contributed by atoms with E-state index in [1.807, 2.05) is 0 Å². The predicted octanol–water partition coefficient (Wildman–Crippen LogP) is 3.58. The molecule has 2 N–H and O–H groups in total. The van der Waals surface area contributed by atoms with E-state index in [-0.39, 0.29) is 0 Å². The van der Waals surface area contributed by atoms with Crippen molar-refractivity contribution in [3.63, 3.8) is 0 Å². The minimum Gasteiger partial charge on any atom is -0.396 e. The van der Waals surface area contributed by atoms with Crippen LogP contribution in [0.25, 0.3) is 0 Å². The van der Waals surface area contributed by atoms with Crippen LogP contribution in [0.3, 0.4) is 0 Å². The van der Waals surface area contributed by atoms with Crippen LogP contribution in [0.15, 0.2) is 0 Å². The number of hydrogen-bond donors (Lipinski definition) is 2. The van der Waals surface area contributed by atoms with Gasteiger partial charge in [-0.1, -0.05) is 0 Å². The van der Waals surface area contributed by atoms with Gasteiger partial charge < -0.3 is 14.9 Å². The Morgan fingerprint density at radius 1 is 0.556 bits per heavy atom. The van der Waals surface area contributed by atoms with E-state index in [9.17, 15) is 10.2 Å². The number of ether oxygens (including phenoxy) is 1. The minimum atomic E-state index is 0.417. The Morgan fingerprint density at radius 3 is 1.96 bits per heavy atom. The van der Waals surface area contributed by atoms with Gasteiger partial charge in [-0.2, -0.15) is 0 Å². The molecule has 27 heavy (non-hydrogen) atoms. The topological polar surface area (TPSA) is 49.7 Å². The van der Waals surface area contributed by atoms with E-state index < -0.39 is 0 Å². The maximum absolute atomic E-state index is 9.77. The van der Waals surface area contributed by atoms with Crippen LogP contribution in [-0.2, 0) is 4.74 Å². The molecular weight excluding hydrogens is 336 g/mol. The van der Waals surface area contributed by atoms with Crippen LogP contribution in [-0.4, -0.2) is 36.6 Å². The van der Waals surface area contributed by atoms with E-state index in [4.69, 9.17) is 4.74 Å². The fraction of sp³-hybridized carbons (Fsp3) is 1.00. The molecule has 12 atom stereocenters. The molecule has 0 aromatic carbocycles. The molecule has 6 rings (SSSR count). The Bertz CT molecular complexity index is 564. The third-order valence-corrected chi connectivity index (χ3v) is 10.7. The Balaban J connectivity index is 1.02. The Kier molecular flexibility index (Phi) is 4.40. The van der Waals surface area contributed by atoms with E-state index in [0.29, 0.717) is 25.0 Å². The largest absolute Gasteiger partial charge is 0.396 e. The zero-order valence-electron chi connectivity index (χ0n) is 16.7. The van der Waals surface area contributed by atoms with Crippen molar-refractivity contribution in [1.82, 2.24) is 0 Å². The standard InChI is InChI=1S/C24H38O3/c25-9-13-2-4-20-21-8-16(23(13)20)6-17(21)11-27-12-18-5-15-7-22(18)24-14(10-26)1-3-19(15)24/h13-26H,1-12H2. The van der Waals surface area contributed by atoms with Crippen LogP contribution < -0.4 is 0 Å². The van der Waals surface area contributed by atoms with Crippen molar-refractivity contribution < 1.29 is 14.9 Å². The molecule has 6 fully saturated rings. The molecule has 0 aromatic heterocycles. The van der Waals surface area contributed by atoms with Crippen molar-refractivity contribution in [1.29, 1.82) is 0 Å². The molecule has 0 heterocycles. The average molecular weight is 375 g/mol. The van der Waals surface area contributed by atoms with Gasteiger partial charge in [0.15, 0.2) is 0 Å². The lowest BCUT2D eigenvalue weighted by Crippen LogP contribution is -2.33. The van der Waals surface area contributed by atoms with Crippen molar-refractivity contribution in [2.24, 2.45) is 71.0 Å². The molecular formula is C24H38O3. The second kappa shape index (κ2) is 6.71. The van der Waals surface area contributed by atoms with Gasteiger partial charge >= 0.3 is 0 Å². The molecule has 0 aromatic rings. The van der Waals surface area contributed by atoms with Gasteiger partial charge in [-0.25, -0.2) is 0 Å². The van der Waals surface area contributed by atoms with Crippen molar-refractivity contribution in [2.75, 3.05) is 26.4 Å². The summed E-state index contributed by atoms with van der Waals surface area (Å²) in [5.74, 6) is 9.88. The van der Waals surface area contributed by atoms with E-state index >= 15 is 0 Å². The summed E-state index contributed by atoms with van der Waals surface area (Å²) in [6, 6.07) is 0. The number of aliphatic hydroxyl groups excluding tert-OH is 2. The summed E-state index contributed by atoms with van der Waals surface area (Å²) in [5, 5.41) is 19.5. The minimum absolute atomic E-state index is 0.417. The molecule has 0 aliphatic heterocycles. The Labute approximate surface area is 164 Å². The predicted molar refractivity (Wildman–Crippen MR) is 104 cm³/mol. The van der Waals surface area contributed by atoms with Crippen molar-refractivity contribution >= 4 is 0 Å². The fourth-order valence-electron chi connectivity index (χ4n) is 9.98. The maximum Gasteiger partial charge on any atom is 0.0497 e. The quantitative estimate of drug-likeness (QED) is 0.747. The molecule has 6 aliphatic carbocycles. The smallest absolute Gasteiger partial charge is 0.0497 e. The maximum atomic E-state index is 9.77. The highest BCUT2D eigenvalue weighted by atomic mass is 16.5. The van der Waals surface area contributed by atoms with E-state index in [0.717, 1.165) is 72.4 Å². The SMILES string of the molecule is OCC1CCC2C3CC(CC3COCC3CC4CC3C3C(CO)CCC43)C12. The highest BCUT2D eigenvalue weighted by molar-refractivity contribution is 5.07. The molecule has 4 bridgehead atoms. The van der Waals surface area contributed by atoms with Gasteiger partial charge in [0.05, 0.1) is 0 Å². The first-order chi connectivity index (χ1) is 13.3. The molecule has 6 aliphatic rings. The Morgan fingerprint density at radius 2 is 1.19 bits per heavy atom. The highest BCUT2D eigenvalue weighted by Gasteiger charge is 2.58. The normalized spacial score (nSPS) is 57.6.